The molecule has 0 saturated heterocycles. The first-order chi connectivity index (χ1) is 10.9. The van der Waals surface area contributed by atoms with Gasteiger partial charge in [-0.05, 0) is 13.0 Å². The summed E-state index contributed by atoms with van der Waals surface area (Å²) in [5.74, 6) is -0.715. The summed E-state index contributed by atoms with van der Waals surface area (Å²) in [6.07, 6.45) is 2.85. The van der Waals surface area contributed by atoms with Gasteiger partial charge in [0, 0.05) is 31.0 Å². The van der Waals surface area contributed by atoms with E-state index < -0.39 is 5.97 Å². The monoisotopic (exact) mass is 354 g/mol. The molecule has 0 spiro atoms. The van der Waals surface area contributed by atoms with Gasteiger partial charge in [-0.3, -0.25) is 9.48 Å². The Kier molecular flexibility index (Phi) is 5.51. The smallest absolute Gasteiger partial charge is 0.331 e. The van der Waals surface area contributed by atoms with Crippen LogP contribution in [-0.2, 0) is 28.0 Å². The third-order valence-corrected chi connectivity index (χ3v) is 4.03. The van der Waals surface area contributed by atoms with Crippen LogP contribution in [0.1, 0.15) is 23.9 Å². The van der Waals surface area contributed by atoms with Gasteiger partial charge in [-0.25, -0.2) is 9.78 Å². The van der Waals surface area contributed by atoms with Crippen LogP contribution in [0.25, 0.3) is 6.08 Å². The van der Waals surface area contributed by atoms with Crippen molar-refractivity contribution in [1.29, 1.82) is 0 Å². The number of aromatic nitrogens is 3. The molecule has 0 aromatic carbocycles. The molecule has 2 aromatic rings. The molecule has 9 heteroatoms. The molecular weight excluding hydrogens is 340 g/mol. The Morgan fingerprint density at radius 3 is 2.87 bits per heavy atom. The van der Waals surface area contributed by atoms with Crippen molar-refractivity contribution in [2.45, 2.75) is 20.5 Å². The lowest BCUT2D eigenvalue weighted by atomic mass is 10.2. The van der Waals surface area contributed by atoms with Crippen molar-refractivity contribution in [3.8, 4) is 0 Å². The van der Waals surface area contributed by atoms with Crippen molar-refractivity contribution in [2.24, 2.45) is 7.05 Å². The molecule has 0 aliphatic carbocycles. The molecule has 0 radical (unpaired) electrons. The van der Waals surface area contributed by atoms with Gasteiger partial charge in [-0.15, -0.1) is 11.3 Å². The minimum Gasteiger partial charge on any atom is -0.456 e. The van der Waals surface area contributed by atoms with Gasteiger partial charge in [0.1, 0.15) is 11.8 Å². The van der Waals surface area contributed by atoms with E-state index in [4.69, 9.17) is 16.3 Å². The molecule has 0 fully saturated rings. The van der Waals surface area contributed by atoms with Crippen molar-refractivity contribution in [2.75, 3.05) is 5.32 Å². The number of rotatable bonds is 5. The van der Waals surface area contributed by atoms with E-state index in [0.717, 1.165) is 5.69 Å². The van der Waals surface area contributed by atoms with E-state index in [2.05, 4.69) is 15.4 Å². The highest BCUT2D eigenvalue weighted by atomic mass is 35.5. The average Bonchev–Trinajstić information content (AvgIpc) is 3.00. The van der Waals surface area contributed by atoms with E-state index >= 15 is 0 Å². The third-order valence-electron chi connectivity index (χ3n) is 2.78. The zero-order valence-corrected chi connectivity index (χ0v) is 14.4. The fraction of sp³-hybridized carbons (Fsp3) is 0.286. The Balaban J connectivity index is 1.91. The van der Waals surface area contributed by atoms with E-state index in [9.17, 15) is 9.59 Å². The second kappa shape index (κ2) is 7.38. The zero-order valence-electron chi connectivity index (χ0n) is 12.8. The van der Waals surface area contributed by atoms with Crippen molar-refractivity contribution < 1.29 is 14.3 Å². The van der Waals surface area contributed by atoms with Crippen LogP contribution in [0.4, 0.5) is 5.13 Å². The molecule has 23 heavy (non-hydrogen) atoms. The summed E-state index contributed by atoms with van der Waals surface area (Å²) in [7, 11) is 1.72. The summed E-state index contributed by atoms with van der Waals surface area (Å²) in [5, 5.41) is 9.34. The van der Waals surface area contributed by atoms with Crippen LogP contribution in [0.2, 0.25) is 5.15 Å². The van der Waals surface area contributed by atoms with Gasteiger partial charge in [0.25, 0.3) is 0 Å². The van der Waals surface area contributed by atoms with E-state index in [-0.39, 0.29) is 12.5 Å². The molecule has 2 aromatic heterocycles. The van der Waals surface area contributed by atoms with Gasteiger partial charge in [-0.1, -0.05) is 11.6 Å². The fourth-order valence-corrected chi connectivity index (χ4v) is 2.74. The Morgan fingerprint density at radius 1 is 1.52 bits per heavy atom. The Morgan fingerprint density at radius 2 is 2.26 bits per heavy atom. The summed E-state index contributed by atoms with van der Waals surface area (Å²) >= 11 is 7.33. The quantitative estimate of drug-likeness (QED) is 0.658. The maximum absolute atomic E-state index is 11.7. The Bertz CT molecular complexity index is 766. The highest BCUT2D eigenvalue weighted by Gasteiger charge is 2.09. The standard InChI is InChI=1S/C14H15ClN4O3S/c1-8-11(13(15)19(3)18-8)4-5-12(21)22-6-10-7-23-14(17-10)16-9(2)20/h4-5,7H,6H2,1-3H3,(H,16,17,20)/b5-4+. The van der Waals surface area contributed by atoms with E-state index in [0.29, 0.717) is 21.5 Å². The first-order valence-electron chi connectivity index (χ1n) is 6.62. The zero-order chi connectivity index (χ0) is 17.0. The van der Waals surface area contributed by atoms with E-state index in [1.165, 1.54) is 29.0 Å². The van der Waals surface area contributed by atoms with Crippen LogP contribution < -0.4 is 5.32 Å². The number of halogens is 1. The maximum Gasteiger partial charge on any atom is 0.331 e. The molecule has 0 bridgehead atoms. The molecule has 1 amide bonds. The number of esters is 1. The molecule has 0 unspecified atom stereocenters. The number of amides is 1. The number of thiazole rings is 1. The largest absolute Gasteiger partial charge is 0.456 e. The van der Waals surface area contributed by atoms with Crippen molar-refractivity contribution >= 4 is 46.0 Å². The predicted molar refractivity (Wildman–Crippen MR) is 88.2 cm³/mol. The highest BCUT2D eigenvalue weighted by Crippen LogP contribution is 2.20. The van der Waals surface area contributed by atoms with Gasteiger partial charge < -0.3 is 10.1 Å². The number of nitrogens with one attached hydrogen (secondary N) is 1. The van der Waals surface area contributed by atoms with Crippen LogP contribution in [0, 0.1) is 6.92 Å². The Labute approximate surface area is 141 Å². The molecule has 2 heterocycles. The number of aryl methyl sites for hydroxylation is 2. The average molecular weight is 355 g/mol. The van der Waals surface area contributed by atoms with Crippen LogP contribution in [0.15, 0.2) is 11.5 Å². The maximum atomic E-state index is 11.7. The molecular formula is C14H15ClN4O3S. The van der Waals surface area contributed by atoms with Gasteiger partial charge in [0.2, 0.25) is 5.91 Å². The van der Waals surface area contributed by atoms with Crippen LogP contribution in [0.3, 0.4) is 0 Å². The molecule has 0 atom stereocenters. The number of carbonyl (C=O) groups excluding carboxylic acids is 2. The predicted octanol–water partition coefficient (Wildman–Crippen LogP) is 2.55. The lowest BCUT2D eigenvalue weighted by Crippen LogP contribution is -2.06. The molecule has 2 rings (SSSR count). The summed E-state index contributed by atoms with van der Waals surface area (Å²) in [4.78, 5) is 26.8. The van der Waals surface area contributed by atoms with Gasteiger partial charge in [0.05, 0.1) is 11.4 Å². The van der Waals surface area contributed by atoms with Crippen molar-refractivity contribution in [1.82, 2.24) is 14.8 Å². The number of carbonyl (C=O) groups is 2. The minimum atomic E-state index is -0.515. The van der Waals surface area contributed by atoms with Crippen molar-refractivity contribution in [3.05, 3.63) is 33.6 Å². The minimum absolute atomic E-state index is 0.0268. The first-order valence-corrected chi connectivity index (χ1v) is 7.88. The first kappa shape index (κ1) is 17.2. The van der Waals surface area contributed by atoms with E-state index in [1.54, 1.807) is 25.4 Å². The molecule has 0 aliphatic heterocycles. The van der Waals surface area contributed by atoms with Crippen LogP contribution >= 0.6 is 22.9 Å². The number of anilines is 1. The van der Waals surface area contributed by atoms with Crippen LogP contribution in [-0.4, -0.2) is 26.6 Å². The number of ether oxygens (including phenoxy) is 1. The topological polar surface area (TPSA) is 86.1 Å². The summed E-state index contributed by atoms with van der Waals surface area (Å²) in [5.41, 5.74) is 1.96. The third kappa shape index (κ3) is 4.64. The second-order valence-electron chi connectivity index (χ2n) is 4.68. The highest BCUT2D eigenvalue weighted by molar-refractivity contribution is 7.13. The van der Waals surface area contributed by atoms with Gasteiger partial charge in [0.15, 0.2) is 5.13 Å². The SMILES string of the molecule is CC(=O)Nc1nc(COC(=O)/C=C/c2c(C)nn(C)c2Cl)cs1. The normalized spacial score (nSPS) is 11.0. The summed E-state index contributed by atoms with van der Waals surface area (Å²) in [6.45, 7) is 3.23. The van der Waals surface area contributed by atoms with Gasteiger partial charge in [-0.2, -0.15) is 5.10 Å². The Hall–Kier alpha value is -2.19. The molecule has 1 N–H and O–H groups in total. The lowest BCUT2D eigenvalue weighted by Gasteiger charge is -1.99. The number of hydrogen-bond acceptors (Lipinski definition) is 6. The molecule has 0 aliphatic rings. The van der Waals surface area contributed by atoms with E-state index in [1.807, 2.05) is 0 Å². The summed E-state index contributed by atoms with van der Waals surface area (Å²) < 4.78 is 6.62. The summed E-state index contributed by atoms with van der Waals surface area (Å²) in [6, 6.07) is 0. The number of hydrogen-bond donors (Lipinski definition) is 1. The lowest BCUT2D eigenvalue weighted by molar-refractivity contribution is -0.139. The van der Waals surface area contributed by atoms with Gasteiger partial charge >= 0.3 is 5.97 Å². The fourth-order valence-electron chi connectivity index (χ4n) is 1.76. The number of nitrogens with zero attached hydrogens (tertiary/aromatic N) is 3. The van der Waals surface area contributed by atoms with Crippen LogP contribution in [0.5, 0.6) is 0 Å². The van der Waals surface area contributed by atoms with Crippen molar-refractivity contribution in [3.63, 3.8) is 0 Å². The molecule has 0 saturated carbocycles. The second-order valence-corrected chi connectivity index (χ2v) is 5.90. The molecule has 7 nitrogen and oxygen atoms in total. The molecule has 122 valence electrons.